The monoisotopic (exact) mass is 196 g/mol. The smallest absolute Gasteiger partial charge is 0.205 e. The van der Waals surface area contributed by atoms with Gasteiger partial charge in [-0.15, -0.1) is 10.2 Å². The second-order valence-corrected chi connectivity index (χ2v) is 3.41. The molecule has 2 aromatic rings. The maximum Gasteiger partial charge on any atom is 0.205 e. The second kappa shape index (κ2) is 3.48. The Labute approximate surface area is 78.6 Å². The molecule has 0 aliphatic heterocycles. The summed E-state index contributed by atoms with van der Waals surface area (Å²) in [5, 5.41) is 16.5. The first-order valence-electron chi connectivity index (χ1n) is 3.71. The fourth-order valence-electron chi connectivity index (χ4n) is 0.871. The van der Waals surface area contributed by atoms with Gasteiger partial charge < -0.3 is 5.32 Å². The molecule has 13 heavy (non-hydrogen) atoms. The summed E-state index contributed by atoms with van der Waals surface area (Å²) in [7, 11) is 1.82. The van der Waals surface area contributed by atoms with E-state index in [0.29, 0.717) is 6.54 Å². The summed E-state index contributed by atoms with van der Waals surface area (Å²) in [5.41, 5.74) is 0. The third-order valence-electron chi connectivity index (χ3n) is 1.44. The first-order chi connectivity index (χ1) is 6.38. The molecule has 7 heteroatoms. The Morgan fingerprint density at radius 3 is 3.08 bits per heavy atom. The van der Waals surface area contributed by atoms with Crippen molar-refractivity contribution < 1.29 is 0 Å². The molecule has 2 aromatic heterocycles. The van der Waals surface area contributed by atoms with E-state index in [-0.39, 0.29) is 0 Å². The maximum absolute atomic E-state index is 3.98. The predicted molar refractivity (Wildman–Crippen MR) is 48.6 cm³/mol. The molecule has 1 N–H and O–H groups in total. The normalized spacial score (nSPS) is 10.2. The van der Waals surface area contributed by atoms with Crippen LogP contribution in [0, 0.1) is 0 Å². The van der Waals surface area contributed by atoms with E-state index in [9.17, 15) is 0 Å². The van der Waals surface area contributed by atoms with Gasteiger partial charge in [-0.05, 0) is 0 Å². The van der Waals surface area contributed by atoms with Crippen LogP contribution in [0.3, 0.4) is 0 Å². The van der Waals surface area contributed by atoms with Crippen molar-refractivity contribution in [1.29, 1.82) is 0 Å². The number of anilines is 1. The molecule has 0 atom stereocenters. The molecule has 6 nitrogen and oxygen atoms in total. The van der Waals surface area contributed by atoms with Crippen LogP contribution < -0.4 is 5.32 Å². The van der Waals surface area contributed by atoms with E-state index < -0.39 is 0 Å². The van der Waals surface area contributed by atoms with Crippen molar-refractivity contribution in [2.75, 3.05) is 12.4 Å². The van der Waals surface area contributed by atoms with E-state index in [1.807, 2.05) is 7.05 Å². The van der Waals surface area contributed by atoms with Gasteiger partial charge in [-0.3, -0.25) is 0 Å². The van der Waals surface area contributed by atoms with E-state index in [0.717, 1.165) is 10.1 Å². The number of hydrogen-bond donors (Lipinski definition) is 1. The van der Waals surface area contributed by atoms with Gasteiger partial charge in [0.1, 0.15) is 17.7 Å². The van der Waals surface area contributed by atoms with Gasteiger partial charge >= 0.3 is 0 Å². The Hall–Kier alpha value is -1.50. The van der Waals surface area contributed by atoms with Gasteiger partial charge in [0.25, 0.3) is 0 Å². The van der Waals surface area contributed by atoms with Crippen LogP contribution in [-0.4, -0.2) is 32.0 Å². The van der Waals surface area contributed by atoms with Gasteiger partial charge in [-0.1, -0.05) is 11.3 Å². The summed E-state index contributed by atoms with van der Waals surface area (Å²) >= 11 is 1.51. The molecule has 0 unspecified atom stereocenters. The minimum Gasteiger partial charge on any atom is -0.363 e. The van der Waals surface area contributed by atoms with Crippen molar-refractivity contribution in [1.82, 2.24) is 25.0 Å². The number of rotatable bonds is 3. The van der Waals surface area contributed by atoms with Crippen molar-refractivity contribution in [3.05, 3.63) is 17.7 Å². The standard InChI is InChI=1S/C6H8N6S/c1-7-6-11-10-5(13-6)2-12-4-8-3-9-12/h3-4H,2H2,1H3,(H,7,11). The van der Waals surface area contributed by atoms with E-state index in [1.54, 1.807) is 11.0 Å². The van der Waals surface area contributed by atoms with Gasteiger partial charge in [0.05, 0.1) is 6.54 Å². The lowest BCUT2D eigenvalue weighted by Crippen LogP contribution is -1.99. The zero-order valence-electron chi connectivity index (χ0n) is 7.01. The lowest BCUT2D eigenvalue weighted by Gasteiger charge is -1.92. The molecular weight excluding hydrogens is 188 g/mol. The lowest BCUT2D eigenvalue weighted by molar-refractivity contribution is 0.675. The third-order valence-corrected chi connectivity index (χ3v) is 2.37. The first-order valence-corrected chi connectivity index (χ1v) is 4.52. The highest BCUT2D eigenvalue weighted by molar-refractivity contribution is 7.15. The molecule has 0 aromatic carbocycles. The number of nitrogens with zero attached hydrogens (tertiary/aromatic N) is 5. The first kappa shape index (κ1) is 8.11. The maximum atomic E-state index is 3.98. The van der Waals surface area contributed by atoms with Crippen LogP contribution >= 0.6 is 11.3 Å². The van der Waals surface area contributed by atoms with Crippen LogP contribution in [0.1, 0.15) is 5.01 Å². The highest BCUT2D eigenvalue weighted by Crippen LogP contribution is 2.14. The van der Waals surface area contributed by atoms with Gasteiger partial charge in [-0.25, -0.2) is 9.67 Å². The summed E-state index contributed by atoms with van der Waals surface area (Å²) in [6.45, 7) is 0.624. The average Bonchev–Trinajstić information content (AvgIpc) is 2.76. The number of nitrogens with one attached hydrogen (secondary N) is 1. The summed E-state index contributed by atoms with van der Waals surface area (Å²) in [6.07, 6.45) is 3.15. The van der Waals surface area contributed by atoms with E-state index in [4.69, 9.17) is 0 Å². The molecule has 68 valence electrons. The quantitative estimate of drug-likeness (QED) is 0.760. The molecule has 0 spiro atoms. The molecule has 0 saturated heterocycles. The van der Waals surface area contributed by atoms with Crippen LogP contribution in [0.5, 0.6) is 0 Å². The Morgan fingerprint density at radius 2 is 2.46 bits per heavy atom. The number of hydrogen-bond acceptors (Lipinski definition) is 6. The molecule has 2 rings (SSSR count). The minimum atomic E-state index is 0.624. The van der Waals surface area contributed by atoms with Crippen LogP contribution in [0.2, 0.25) is 0 Å². The third kappa shape index (κ3) is 1.81. The molecular formula is C6H8N6S. The molecule has 0 aliphatic rings. The highest BCUT2D eigenvalue weighted by atomic mass is 32.1. The molecule has 0 saturated carbocycles. The minimum absolute atomic E-state index is 0.624. The largest absolute Gasteiger partial charge is 0.363 e. The SMILES string of the molecule is CNc1nnc(Cn2cncn2)s1. The highest BCUT2D eigenvalue weighted by Gasteiger charge is 2.02. The second-order valence-electron chi connectivity index (χ2n) is 2.34. The summed E-state index contributed by atoms with van der Waals surface area (Å²) < 4.78 is 1.71. The molecule has 2 heterocycles. The van der Waals surface area contributed by atoms with Crippen molar-refractivity contribution in [3.63, 3.8) is 0 Å². The Bertz CT molecular complexity index is 366. The van der Waals surface area contributed by atoms with Gasteiger partial charge in [0.15, 0.2) is 0 Å². The molecule has 0 amide bonds. The van der Waals surface area contributed by atoms with Crippen molar-refractivity contribution >= 4 is 16.5 Å². The summed E-state index contributed by atoms with van der Waals surface area (Å²) in [5.74, 6) is 0. The molecule has 0 aliphatic carbocycles. The zero-order valence-corrected chi connectivity index (χ0v) is 7.82. The van der Waals surface area contributed by atoms with E-state index >= 15 is 0 Å². The van der Waals surface area contributed by atoms with Crippen LogP contribution in [0.15, 0.2) is 12.7 Å². The van der Waals surface area contributed by atoms with E-state index in [1.165, 1.54) is 17.7 Å². The van der Waals surface area contributed by atoms with Crippen LogP contribution in [-0.2, 0) is 6.54 Å². The molecule has 0 bridgehead atoms. The van der Waals surface area contributed by atoms with E-state index in [2.05, 4.69) is 25.6 Å². The van der Waals surface area contributed by atoms with Crippen molar-refractivity contribution in [3.8, 4) is 0 Å². The predicted octanol–water partition coefficient (Wildman–Crippen LogP) is 0.220. The average molecular weight is 196 g/mol. The fourth-order valence-corrected chi connectivity index (χ4v) is 1.56. The van der Waals surface area contributed by atoms with Crippen molar-refractivity contribution in [2.45, 2.75) is 6.54 Å². The summed E-state index contributed by atoms with van der Waals surface area (Å²) in [6, 6.07) is 0. The van der Waals surface area contributed by atoms with Gasteiger partial charge in [0, 0.05) is 7.05 Å². The van der Waals surface area contributed by atoms with Crippen molar-refractivity contribution in [2.24, 2.45) is 0 Å². The molecule has 0 fully saturated rings. The fraction of sp³-hybridized carbons (Fsp3) is 0.333. The van der Waals surface area contributed by atoms with Gasteiger partial charge in [0.2, 0.25) is 5.13 Å². The lowest BCUT2D eigenvalue weighted by atomic mass is 10.7. The Balaban J connectivity index is 2.10. The number of aromatic nitrogens is 5. The Morgan fingerprint density at radius 1 is 1.54 bits per heavy atom. The summed E-state index contributed by atoms with van der Waals surface area (Å²) in [4.78, 5) is 3.84. The van der Waals surface area contributed by atoms with Crippen LogP contribution in [0.4, 0.5) is 5.13 Å². The zero-order chi connectivity index (χ0) is 9.10. The topological polar surface area (TPSA) is 68.5 Å². The Kier molecular flexibility index (Phi) is 2.17. The van der Waals surface area contributed by atoms with Crippen LogP contribution in [0.25, 0.3) is 0 Å². The van der Waals surface area contributed by atoms with Gasteiger partial charge in [-0.2, -0.15) is 5.10 Å². The molecule has 0 radical (unpaired) electrons.